The number of rotatable bonds is 5. The summed E-state index contributed by atoms with van der Waals surface area (Å²) in [7, 11) is 0. The van der Waals surface area contributed by atoms with E-state index < -0.39 is 0 Å². The van der Waals surface area contributed by atoms with Crippen LogP contribution in [0.4, 0.5) is 5.69 Å². The predicted molar refractivity (Wildman–Crippen MR) is 116 cm³/mol. The van der Waals surface area contributed by atoms with Crippen LogP contribution in [0.15, 0.2) is 78.0 Å². The zero-order chi connectivity index (χ0) is 20.2. The van der Waals surface area contributed by atoms with Crippen molar-refractivity contribution in [3.05, 3.63) is 83.9 Å². The molecule has 4 rings (SSSR count). The number of nitrogens with one attached hydrogen (secondary N) is 1. The Bertz CT molecular complexity index is 1220. The van der Waals surface area contributed by atoms with Gasteiger partial charge >= 0.3 is 0 Å². The summed E-state index contributed by atoms with van der Waals surface area (Å²) in [6, 6.07) is 25.1. The minimum absolute atomic E-state index is 0.146. The van der Waals surface area contributed by atoms with E-state index in [1.807, 2.05) is 24.3 Å². The molecule has 6 heteroatoms. The van der Waals surface area contributed by atoms with Crippen LogP contribution < -0.4 is 5.32 Å². The van der Waals surface area contributed by atoms with E-state index in [1.54, 1.807) is 24.3 Å². The molecule has 29 heavy (non-hydrogen) atoms. The molecule has 1 N–H and O–H groups in total. The number of hydrogen-bond acceptors (Lipinski definition) is 4. The lowest BCUT2D eigenvalue weighted by Crippen LogP contribution is -2.14. The summed E-state index contributed by atoms with van der Waals surface area (Å²) in [5.41, 5.74) is 5.21. The van der Waals surface area contributed by atoms with Crippen LogP contribution in [-0.2, 0) is 4.79 Å². The Morgan fingerprint density at radius 1 is 1.10 bits per heavy atom. The Hall–Kier alpha value is -3.56. The second-order valence-corrected chi connectivity index (χ2v) is 7.53. The average molecular weight is 398 g/mol. The number of thioether (sulfide) groups is 1. The van der Waals surface area contributed by atoms with Crippen molar-refractivity contribution in [2.24, 2.45) is 0 Å². The van der Waals surface area contributed by atoms with E-state index in [2.05, 4.69) is 47.1 Å². The Kier molecular flexibility index (Phi) is 5.32. The van der Waals surface area contributed by atoms with Gasteiger partial charge in [0, 0.05) is 11.4 Å². The van der Waals surface area contributed by atoms with E-state index in [9.17, 15) is 4.79 Å². The first-order valence-electron chi connectivity index (χ1n) is 9.11. The molecule has 0 spiro atoms. The molecular weight excluding hydrogens is 380 g/mol. The minimum atomic E-state index is -0.146. The lowest BCUT2D eigenvalue weighted by atomic mass is 10.2. The topological polar surface area (TPSA) is 70.7 Å². The fraction of sp³-hybridized carbons (Fsp3) is 0.0870. The number of hydrogen-bond donors (Lipinski definition) is 1. The van der Waals surface area contributed by atoms with Gasteiger partial charge in [0.25, 0.3) is 0 Å². The van der Waals surface area contributed by atoms with E-state index in [4.69, 9.17) is 10.2 Å². The van der Waals surface area contributed by atoms with Crippen LogP contribution in [0, 0.1) is 18.3 Å². The maximum Gasteiger partial charge on any atom is 0.234 e. The van der Waals surface area contributed by atoms with E-state index in [1.165, 1.54) is 17.3 Å². The number of fused-ring (bicyclic) bond motifs is 1. The molecule has 0 fully saturated rings. The third-order valence-corrected chi connectivity index (χ3v) is 5.37. The lowest BCUT2D eigenvalue weighted by molar-refractivity contribution is -0.113. The fourth-order valence-electron chi connectivity index (χ4n) is 3.04. The van der Waals surface area contributed by atoms with Gasteiger partial charge in [-0.2, -0.15) is 5.26 Å². The van der Waals surface area contributed by atoms with Crippen LogP contribution in [0.1, 0.15) is 11.1 Å². The van der Waals surface area contributed by atoms with Gasteiger partial charge in [-0.15, -0.1) is 0 Å². The Morgan fingerprint density at radius 3 is 2.69 bits per heavy atom. The van der Waals surface area contributed by atoms with Crippen LogP contribution in [0.3, 0.4) is 0 Å². The van der Waals surface area contributed by atoms with Crippen molar-refractivity contribution in [3.63, 3.8) is 0 Å². The van der Waals surface area contributed by atoms with Crippen LogP contribution in [0.25, 0.3) is 16.7 Å². The van der Waals surface area contributed by atoms with Crippen molar-refractivity contribution in [2.75, 3.05) is 11.1 Å². The van der Waals surface area contributed by atoms with Gasteiger partial charge in [0.15, 0.2) is 5.16 Å². The van der Waals surface area contributed by atoms with E-state index in [0.717, 1.165) is 21.9 Å². The third-order valence-electron chi connectivity index (χ3n) is 4.43. The monoisotopic (exact) mass is 398 g/mol. The molecule has 0 saturated carbocycles. The largest absolute Gasteiger partial charge is 0.325 e. The summed E-state index contributed by atoms with van der Waals surface area (Å²) in [5, 5.41) is 12.6. The number of carbonyl (C=O) groups is 1. The maximum atomic E-state index is 12.4. The Balaban J connectivity index is 1.57. The van der Waals surface area contributed by atoms with Crippen molar-refractivity contribution >= 4 is 34.4 Å². The molecular formula is C23H18N4OS. The smallest absolute Gasteiger partial charge is 0.234 e. The van der Waals surface area contributed by atoms with Crippen molar-refractivity contribution in [2.45, 2.75) is 12.1 Å². The summed E-state index contributed by atoms with van der Waals surface area (Å²) >= 11 is 1.38. The SMILES string of the molecule is Cc1ccc(-n2c(SCC(=O)Nc3cccc(C#N)c3)nc3ccccc32)cc1. The average Bonchev–Trinajstić information content (AvgIpc) is 3.11. The molecule has 3 aromatic carbocycles. The number of nitrogens with zero attached hydrogens (tertiary/aromatic N) is 3. The highest BCUT2D eigenvalue weighted by atomic mass is 32.2. The number of amides is 1. The van der Waals surface area contributed by atoms with E-state index >= 15 is 0 Å². The summed E-state index contributed by atoms with van der Waals surface area (Å²) in [6.07, 6.45) is 0. The van der Waals surface area contributed by atoms with Gasteiger partial charge in [0.2, 0.25) is 5.91 Å². The van der Waals surface area contributed by atoms with Gasteiger partial charge in [-0.3, -0.25) is 9.36 Å². The van der Waals surface area contributed by atoms with Crippen LogP contribution in [0.2, 0.25) is 0 Å². The molecule has 5 nitrogen and oxygen atoms in total. The molecule has 0 unspecified atom stereocenters. The first-order chi connectivity index (χ1) is 14.1. The van der Waals surface area contributed by atoms with E-state index in [-0.39, 0.29) is 11.7 Å². The zero-order valence-corrected chi connectivity index (χ0v) is 16.6. The minimum Gasteiger partial charge on any atom is -0.325 e. The molecule has 1 aromatic heterocycles. The molecule has 0 aliphatic carbocycles. The molecule has 0 bridgehead atoms. The van der Waals surface area contributed by atoms with Gasteiger partial charge < -0.3 is 5.32 Å². The van der Waals surface area contributed by atoms with Crippen LogP contribution >= 0.6 is 11.8 Å². The van der Waals surface area contributed by atoms with Crippen molar-refractivity contribution in [1.29, 1.82) is 5.26 Å². The molecule has 1 heterocycles. The second kappa shape index (κ2) is 8.21. The van der Waals surface area contributed by atoms with Gasteiger partial charge in [-0.05, 0) is 49.4 Å². The van der Waals surface area contributed by atoms with Crippen molar-refractivity contribution < 1.29 is 4.79 Å². The molecule has 4 aromatic rings. The zero-order valence-electron chi connectivity index (χ0n) is 15.8. The number of para-hydroxylation sites is 2. The highest BCUT2D eigenvalue weighted by molar-refractivity contribution is 7.99. The molecule has 0 atom stereocenters. The number of imidazole rings is 1. The molecule has 1 amide bonds. The standard InChI is InChI=1S/C23H18N4OS/c1-16-9-11-19(12-10-16)27-21-8-3-2-7-20(21)26-23(27)29-15-22(28)25-18-6-4-5-17(13-18)14-24/h2-13H,15H2,1H3,(H,25,28). The second-order valence-electron chi connectivity index (χ2n) is 6.58. The van der Waals surface area contributed by atoms with Crippen molar-refractivity contribution in [1.82, 2.24) is 9.55 Å². The van der Waals surface area contributed by atoms with Gasteiger partial charge in [-0.25, -0.2) is 4.98 Å². The first kappa shape index (κ1) is 18.8. The third kappa shape index (κ3) is 4.15. The highest BCUT2D eigenvalue weighted by Crippen LogP contribution is 2.28. The number of aromatic nitrogens is 2. The molecule has 0 saturated heterocycles. The van der Waals surface area contributed by atoms with Gasteiger partial charge in [-0.1, -0.05) is 47.7 Å². The first-order valence-corrected chi connectivity index (χ1v) is 10.1. The Morgan fingerprint density at radius 2 is 1.90 bits per heavy atom. The maximum absolute atomic E-state index is 12.4. The number of aryl methyl sites for hydroxylation is 1. The number of carbonyl (C=O) groups excluding carboxylic acids is 1. The molecule has 0 aliphatic heterocycles. The van der Waals surface area contributed by atoms with Gasteiger partial charge in [0.05, 0.1) is 28.4 Å². The normalized spacial score (nSPS) is 10.6. The number of anilines is 1. The highest BCUT2D eigenvalue weighted by Gasteiger charge is 2.14. The quantitative estimate of drug-likeness (QED) is 0.484. The van der Waals surface area contributed by atoms with Crippen molar-refractivity contribution in [3.8, 4) is 11.8 Å². The molecule has 0 radical (unpaired) electrons. The van der Waals surface area contributed by atoms with Crippen LogP contribution in [-0.4, -0.2) is 21.2 Å². The Labute approximate surface area is 173 Å². The summed E-state index contributed by atoms with van der Waals surface area (Å²) in [6.45, 7) is 2.05. The lowest BCUT2D eigenvalue weighted by Gasteiger charge is -2.10. The molecule has 0 aliphatic rings. The van der Waals surface area contributed by atoms with Crippen LogP contribution in [0.5, 0.6) is 0 Å². The summed E-state index contributed by atoms with van der Waals surface area (Å²) in [5.74, 6) is 0.0685. The summed E-state index contributed by atoms with van der Waals surface area (Å²) < 4.78 is 2.07. The molecule has 142 valence electrons. The van der Waals surface area contributed by atoms with E-state index in [0.29, 0.717) is 11.3 Å². The van der Waals surface area contributed by atoms with Gasteiger partial charge in [0.1, 0.15) is 0 Å². The number of nitriles is 1. The summed E-state index contributed by atoms with van der Waals surface area (Å²) in [4.78, 5) is 17.2. The number of benzene rings is 3. The predicted octanol–water partition coefficient (Wildman–Crippen LogP) is 4.94. The fourth-order valence-corrected chi connectivity index (χ4v) is 3.87.